The van der Waals surface area contributed by atoms with Gasteiger partial charge in [0.15, 0.2) is 9.84 Å². The number of hydrogen-bond acceptors (Lipinski definition) is 4. The molecule has 0 radical (unpaired) electrons. The maximum Gasteiger partial charge on any atom is 0.214 e. The van der Waals surface area contributed by atoms with Crippen molar-refractivity contribution in [2.75, 3.05) is 19.3 Å². The van der Waals surface area contributed by atoms with Crippen LogP contribution in [-0.4, -0.2) is 32.9 Å². The zero-order chi connectivity index (χ0) is 9.99. The average Bonchev–Trinajstić information content (AvgIpc) is 1.85. The Labute approximate surface area is 73.7 Å². The van der Waals surface area contributed by atoms with Crippen molar-refractivity contribution in [2.24, 2.45) is 0 Å². The molecular weight excluding hydrogens is 199 g/mol. The Hall–Kier alpha value is 0.140. The second kappa shape index (κ2) is 3.90. The molecule has 0 saturated carbocycles. The first-order chi connectivity index (χ1) is 5.21. The molecule has 0 aromatic heterocycles. The van der Waals surface area contributed by atoms with Gasteiger partial charge in [-0.25, -0.2) is 8.42 Å². The molecular formula is C6H15O4PS. The van der Waals surface area contributed by atoms with Crippen LogP contribution in [0.3, 0.4) is 0 Å². The fourth-order valence-corrected chi connectivity index (χ4v) is 4.76. The molecule has 0 aromatic carbocycles. The molecule has 0 bridgehead atoms. The smallest absolute Gasteiger partial charge is 0.214 e. The fraction of sp³-hybridized carbons (Fsp3) is 1.00. The SMILES string of the molecule is CO[P@](C)(=O)CS(=O)(=O)C(C)C. The first-order valence-electron chi connectivity index (χ1n) is 3.55. The quantitative estimate of drug-likeness (QED) is 0.662. The molecule has 0 aliphatic rings. The first kappa shape index (κ1) is 12.1. The van der Waals surface area contributed by atoms with Crippen molar-refractivity contribution >= 4 is 17.2 Å². The summed E-state index contributed by atoms with van der Waals surface area (Å²) >= 11 is 0. The summed E-state index contributed by atoms with van der Waals surface area (Å²) in [4.78, 5) is 0. The molecule has 0 heterocycles. The van der Waals surface area contributed by atoms with Crippen molar-refractivity contribution in [3.8, 4) is 0 Å². The largest absolute Gasteiger partial charge is 0.331 e. The van der Waals surface area contributed by atoms with E-state index in [9.17, 15) is 13.0 Å². The van der Waals surface area contributed by atoms with Gasteiger partial charge in [0.05, 0.1) is 5.25 Å². The van der Waals surface area contributed by atoms with Gasteiger partial charge in [-0.3, -0.25) is 4.57 Å². The van der Waals surface area contributed by atoms with E-state index in [1.807, 2.05) is 0 Å². The summed E-state index contributed by atoms with van der Waals surface area (Å²) in [5, 5.41) is -0.499. The molecule has 0 rings (SSSR count). The van der Waals surface area contributed by atoms with Crippen LogP contribution in [-0.2, 0) is 18.9 Å². The number of rotatable bonds is 4. The Bertz CT molecular complexity index is 280. The third-order valence-electron chi connectivity index (χ3n) is 1.52. The molecule has 0 aromatic rings. The van der Waals surface area contributed by atoms with Gasteiger partial charge in [-0.2, -0.15) is 0 Å². The third-order valence-corrected chi connectivity index (χ3v) is 7.04. The van der Waals surface area contributed by atoms with E-state index in [0.717, 1.165) is 0 Å². The highest BCUT2D eigenvalue weighted by atomic mass is 32.2. The van der Waals surface area contributed by atoms with E-state index in [2.05, 4.69) is 4.52 Å². The highest BCUT2D eigenvalue weighted by molar-refractivity contribution is 7.98. The van der Waals surface area contributed by atoms with Crippen molar-refractivity contribution in [1.82, 2.24) is 0 Å². The summed E-state index contributed by atoms with van der Waals surface area (Å²) in [6.45, 7) is 4.45. The lowest BCUT2D eigenvalue weighted by atomic mass is 10.6. The summed E-state index contributed by atoms with van der Waals surface area (Å²) in [7, 11) is -4.93. The molecule has 12 heavy (non-hydrogen) atoms. The van der Waals surface area contributed by atoms with Crippen LogP contribution in [0.1, 0.15) is 13.8 Å². The van der Waals surface area contributed by atoms with E-state index in [-0.39, 0.29) is 5.49 Å². The normalized spacial score (nSPS) is 17.8. The minimum Gasteiger partial charge on any atom is -0.331 e. The summed E-state index contributed by atoms with van der Waals surface area (Å²) in [6.07, 6.45) is 0. The number of hydrogen-bond donors (Lipinski definition) is 0. The molecule has 0 amide bonds. The van der Waals surface area contributed by atoms with Gasteiger partial charge in [0.1, 0.15) is 5.49 Å². The molecule has 74 valence electrons. The van der Waals surface area contributed by atoms with E-state index in [1.165, 1.54) is 13.8 Å². The van der Waals surface area contributed by atoms with E-state index >= 15 is 0 Å². The zero-order valence-corrected chi connectivity index (χ0v) is 9.48. The van der Waals surface area contributed by atoms with Crippen LogP contribution < -0.4 is 0 Å². The molecule has 0 aliphatic carbocycles. The van der Waals surface area contributed by atoms with Gasteiger partial charge in [0.2, 0.25) is 7.37 Å². The highest BCUT2D eigenvalue weighted by Gasteiger charge is 2.26. The van der Waals surface area contributed by atoms with E-state index in [1.54, 1.807) is 13.8 Å². The van der Waals surface area contributed by atoms with E-state index in [0.29, 0.717) is 0 Å². The molecule has 0 fully saturated rings. The van der Waals surface area contributed by atoms with Crippen molar-refractivity contribution in [1.29, 1.82) is 0 Å². The van der Waals surface area contributed by atoms with Gasteiger partial charge in [-0.05, 0) is 13.8 Å². The summed E-state index contributed by atoms with van der Waals surface area (Å²) in [5.74, 6) is 0. The second-order valence-electron chi connectivity index (χ2n) is 3.04. The first-order valence-corrected chi connectivity index (χ1v) is 7.52. The predicted octanol–water partition coefficient (Wildman–Crippen LogP) is 1.32. The zero-order valence-electron chi connectivity index (χ0n) is 7.77. The van der Waals surface area contributed by atoms with Crippen LogP contribution in [0.5, 0.6) is 0 Å². The van der Waals surface area contributed by atoms with E-state index in [4.69, 9.17) is 0 Å². The Balaban J connectivity index is 4.59. The van der Waals surface area contributed by atoms with Crippen LogP contribution in [0, 0.1) is 0 Å². The number of sulfone groups is 1. The van der Waals surface area contributed by atoms with Crippen LogP contribution in [0.2, 0.25) is 0 Å². The van der Waals surface area contributed by atoms with Gasteiger partial charge in [-0.15, -0.1) is 0 Å². The lowest BCUT2D eigenvalue weighted by Crippen LogP contribution is -2.17. The fourth-order valence-electron chi connectivity index (χ4n) is 0.529. The Kier molecular flexibility index (Phi) is 3.94. The maximum atomic E-state index is 11.3. The maximum absolute atomic E-state index is 11.3. The molecule has 0 aliphatic heterocycles. The lowest BCUT2D eigenvalue weighted by Gasteiger charge is -2.12. The predicted molar refractivity (Wildman–Crippen MR) is 49.5 cm³/mol. The molecule has 0 N–H and O–H groups in total. The average molecular weight is 214 g/mol. The van der Waals surface area contributed by atoms with Crippen LogP contribution in [0.25, 0.3) is 0 Å². The molecule has 4 nitrogen and oxygen atoms in total. The minimum absolute atomic E-state index is 0.367. The topological polar surface area (TPSA) is 60.4 Å². The van der Waals surface area contributed by atoms with Crippen LogP contribution in [0.4, 0.5) is 0 Å². The summed E-state index contributed by atoms with van der Waals surface area (Å²) < 4.78 is 38.4. The van der Waals surface area contributed by atoms with Crippen molar-refractivity contribution < 1.29 is 17.5 Å². The monoisotopic (exact) mass is 214 g/mol. The minimum atomic E-state index is -3.26. The van der Waals surface area contributed by atoms with Crippen LogP contribution in [0.15, 0.2) is 0 Å². The molecule has 0 spiro atoms. The summed E-state index contributed by atoms with van der Waals surface area (Å²) in [6, 6.07) is 0. The van der Waals surface area contributed by atoms with Gasteiger partial charge < -0.3 is 4.52 Å². The molecule has 0 unspecified atom stereocenters. The lowest BCUT2D eigenvalue weighted by molar-refractivity contribution is 0.402. The van der Waals surface area contributed by atoms with Crippen molar-refractivity contribution in [3.05, 3.63) is 0 Å². The standard InChI is InChI=1S/C6H15O4PS/c1-6(2)12(8,9)5-11(4,7)10-3/h6H,5H2,1-4H3/t11-/m0/s1. The van der Waals surface area contributed by atoms with Crippen molar-refractivity contribution in [2.45, 2.75) is 19.1 Å². The Morgan fingerprint density at radius 2 is 1.83 bits per heavy atom. The highest BCUT2D eigenvalue weighted by Crippen LogP contribution is 2.43. The molecule has 0 saturated heterocycles. The van der Waals surface area contributed by atoms with Gasteiger partial charge >= 0.3 is 0 Å². The third kappa shape index (κ3) is 3.70. The van der Waals surface area contributed by atoms with Crippen LogP contribution >= 0.6 is 7.37 Å². The van der Waals surface area contributed by atoms with Gasteiger partial charge in [-0.1, -0.05) is 0 Å². The summed E-state index contributed by atoms with van der Waals surface area (Å²) in [5.41, 5.74) is -0.367. The van der Waals surface area contributed by atoms with Gasteiger partial charge in [0, 0.05) is 13.8 Å². The Morgan fingerprint density at radius 3 is 2.08 bits per heavy atom. The van der Waals surface area contributed by atoms with E-state index < -0.39 is 22.5 Å². The van der Waals surface area contributed by atoms with Crippen molar-refractivity contribution in [3.63, 3.8) is 0 Å². The second-order valence-corrected chi connectivity index (χ2v) is 8.73. The molecule has 6 heteroatoms. The molecule has 1 atom stereocenters. The Morgan fingerprint density at radius 1 is 1.42 bits per heavy atom. The van der Waals surface area contributed by atoms with Gasteiger partial charge in [0.25, 0.3) is 0 Å².